The van der Waals surface area contributed by atoms with Crippen LogP contribution in [-0.4, -0.2) is 94.5 Å². The Hall–Kier alpha value is -4.56. The van der Waals surface area contributed by atoms with Crippen LogP contribution in [0.4, 0.5) is 14.5 Å². The first-order chi connectivity index (χ1) is 20.6. The van der Waals surface area contributed by atoms with Crippen LogP contribution in [0.2, 0.25) is 5.02 Å². The Morgan fingerprint density at radius 2 is 1.77 bits per heavy atom. The molecule has 1 atom stereocenters. The molecule has 1 aromatic heterocycles. The maximum Gasteiger partial charge on any atom is 0.291 e. The van der Waals surface area contributed by atoms with Gasteiger partial charge in [-0.3, -0.25) is 19.2 Å². The van der Waals surface area contributed by atoms with E-state index in [2.05, 4.69) is 15.6 Å². The van der Waals surface area contributed by atoms with Crippen molar-refractivity contribution in [2.45, 2.75) is 12.5 Å². The fourth-order valence-electron chi connectivity index (χ4n) is 4.73. The highest BCUT2D eigenvalue weighted by Gasteiger charge is 2.32. The molecule has 0 unspecified atom stereocenters. The molecule has 0 radical (unpaired) electrons. The first-order valence-electron chi connectivity index (χ1n) is 13.2. The largest absolute Gasteiger partial charge is 0.494 e. The molecular formula is C28H29ClF2N6O6. The summed E-state index contributed by atoms with van der Waals surface area (Å²) in [5, 5.41) is 12.8. The fraction of sp³-hybridized carbons (Fsp3) is 0.321. The molecule has 43 heavy (non-hydrogen) atoms. The van der Waals surface area contributed by atoms with E-state index in [9.17, 15) is 23.2 Å². The number of carbonyl (C=O) groups is 4. The first kappa shape index (κ1) is 31.4. The summed E-state index contributed by atoms with van der Waals surface area (Å²) in [4.78, 5) is 54.3. The number of carboxylic acid groups (broad SMARTS) is 1. The van der Waals surface area contributed by atoms with Gasteiger partial charge in [-0.05, 0) is 43.3 Å². The zero-order valence-electron chi connectivity index (χ0n) is 23.3. The van der Waals surface area contributed by atoms with Crippen molar-refractivity contribution >= 4 is 41.5 Å². The zero-order valence-corrected chi connectivity index (χ0v) is 24.0. The lowest BCUT2D eigenvalue weighted by Crippen LogP contribution is -2.58. The number of ether oxygens (including phenoxy) is 1. The van der Waals surface area contributed by atoms with Crippen molar-refractivity contribution in [3.63, 3.8) is 0 Å². The Balaban J connectivity index is 0.00000135. The highest BCUT2D eigenvalue weighted by atomic mass is 35.5. The molecule has 0 spiro atoms. The van der Waals surface area contributed by atoms with Gasteiger partial charge >= 0.3 is 0 Å². The number of piperazine rings is 1. The molecule has 5 rings (SSSR count). The summed E-state index contributed by atoms with van der Waals surface area (Å²) in [7, 11) is 2.74. The Labute approximate surface area is 250 Å². The number of rotatable bonds is 6. The van der Waals surface area contributed by atoms with Gasteiger partial charge in [0.05, 0.1) is 35.6 Å². The average Bonchev–Trinajstić information content (AvgIpc) is 3.34. The summed E-state index contributed by atoms with van der Waals surface area (Å²) >= 11 is 6.41. The Bertz CT molecular complexity index is 1540. The number of benzene rings is 2. The standard InChI is InChI=1S/C27H27ClF2N6O4.CH2O2/c1-34-20(17-5-6-21(40-2)23(30)22(17)29)14-32-24(34)25(37)33-15-3-4-16(18(28)13-15)26(38)35-9-11-36(12-10-35)27(39)19-7-8-31-19;2-1-3/h3-6,13-14,19,31H,7-12H2,1-2H3,(H,33,37);1H,(H,2,3)/t19-;/m0./s1. The van der Waals surface area contributed by atoms with Crippen molar-refractivity contribution in [2.24, 2.45) is 7.05 Å². The summed E-state index contributed by atoms with van der Waals surface area (Å²) in [6, 6.07) is 7.03. The van der Waals surface area contributed by atoms with Crippen molar-refractivity contribution in [1.29, 1.82) is 0 Å². The van der Waals surface area contributed by atoms with Crippen LogP contribution < -0.4 is 15.4 Å². The summed E-state index contributed by atoms with van der Waals surface area (Å²) < 4.78 is 34.9. The molecule has 3 heterocycles. The van der Waals surface area contributed by atoms with E-state index < -0.39 is 17.5 Å². The number of nitrogens with one attached hydrogen (secondary N) is 2. The molecule has 2 aliphatic heterocycles. The molecule has 3 N–H and O–H groups in total. The van der Waals surface area contributed by atoms with Crippen molar-refractivity contribution in [3.05, 3.63) is 64.6 Å². The third kappa shape index (κ3) is 6.60. The number of carbonyl (C=O) groups excluding carboxylic acids is 3. The van der Waals surface area contributed by atoms with E-state index in [0.717, 1.165) is 13.0 Å². The maximum atomic E-state index is 14.6. The van der Waals surface area contributed by atoms with Gasteiger partial charge in [0.25, 0.3) is 18.3 Å². The monoisotopic (exact) mass is 618 g/mol. The third-order valence-corrected chi connectivity index (χ3v) is 7.50. The lowest BCUT2D eigenvalue weighted by Gasteiger charge is -2.38. The topological polar surface area (TPSA) is 146 Å². The van der Waals surface area contributed by atoms with Gasteiger partial charge in [-0.2, -0.15) is 4.39 Å². The summed E-state index contributed by atoms with van der Waals surface area (Å²) in [5.41, 5.74) is 0.703. The van der Waals surface area contributed by atoms with Gasteiger partial charge in [0.1, 0.15) is 0 Å². The van der Waals surface area contributed by atoms with Crippen molar-refractivity contribution in [2.75, 3.05) is 45.2 Å². The summed E-state index contributed by atoms with van der Waals surface area (Å²) in [5.74, 6) is -3.36. The second kappa shape index (κ2) is 13.6. The van der Waals surface area contributed by atoms with Gasteiger partial charge in [-0.1, -0.05) is 11.6 Å². The minimum Gasteiger partial charge on any atom is -0.494 e. The van der Waals surface area contributed by atoms with Crippen LogP contribution in [0.25, 0.3) is 11.3 Å². The lowest BCUT2D eigenvalue weighted by atomic mass is 10.1. The van der Waals surface area contributed by atoms with E-state index in [-0.39, 0.29) is 57.7 Å². The predicted octanol–water partition coefficient (Wildman–Crippen LogP) is 2.63. The first-order valence-corrected chi connectivity index (χ1v) is 13.5. The van der Waals surface area contributed by atoms with E-state index in [0.29, 0.717) is 31.9 Å². The molecule has 3 aromatic rings. The van der Waals surface area contributed by atoms with E-state index in [1.54, 1.807) is 15.9 Å². The molecule has 2 saturated heterocycles. The van der Waals surface area contributed by atoms with Crippen LogP contribution in [0, 0.1) is 11.6 Å². The van der Waals surface area contributed by atoms with E-state index in [4.69, 9.17) is 26.2 Å². The van der Waals surface area contributed by atoms with Crippen LogP contribution >= 0.6 is 11.6 Å². The Morgan fingerprint density at radius 1 is 1.12 bits per heavy atom. The van der Waals surface area contributed by atoms with Gasteiger partial charge in [0.15, 0.2) is 17.4 Å². The zero-order chi connectivity index (χ0) is 31.3. The SMILES string of the molecule is COc1ccc(-c2cnc(C(=O)Nc3ccc(C(=O)N4CCN(C(=O)[C@@H]5CCN5)CC4)c(Cl)c3)n2C)c(F)c1F.O=CO. The molecule has 0 bridgehead atoms. The number of methoxy groups -OCH3 is 1. The van der Waals surface area contributed by atoms with Gasteiger partial charge in [-0.25, -0.2) is 9.37 Å². The number of hydrogen-bond acceptors (Lipinski definition) is 7. The van der Waals surface area contributed by atoms with E-state index in [1.807, 2.05) is 0 Å². The maximum absolute atomic E-state index is 14.6. The second-order valence-electron chi connectivity index (χ2n) is 9.64. The predicted molar refractivity (Wildman–Crippen MR) is 152 cm³/mol. The number of halogens is 3. The quantitative estimate of drug-likeness (QED) is 0.358. The van der Waals surface area contributed by atoms with Crippen molar-refractivity contribution in [3.8, 4) is 17.0 Å². The van der Waals surface area contributed by atoms with Crippen molar-refractivity contribution < 1.29 is 37.8 Å². The molecular weight excluding hydrogens is 590 g/mol. The second-order valence-corrected chi connectivity index (χ2v) is 10.0. The number of aromatic nitrogens is 2. The highest BCUT2D eigenvalue weighted by Crippen LogP contribution is 2.30. The van der Waals surface area contributed by atoms with E-state index >= 15 is 0 Å². The molecule has 2 fully saturated rings. The molecule has 15 heteroatoms. The average molecular weight is 619 g/mol. The molecule has 2 aliphatic rings. The Morgan fingerprint density at radius 3 is 2.35 bits per heavy atom. The molecule has 2 aromatic carbocycles. The summed E-state index contributed by atoms with van der Waals surface area (Å²) in [6.45, 7) is 2.29. The van der Waals surface area contributed by atoms with Gasteiger partial charge in [-0.15, -0.1) is 0 Å². The summed E-state index contributed by atoms with van der Waals surface area (Å²) in [6.07, 6.45) is 2.10. The molecule has 0 saturated carbocycles. The van der Waals surface area contributed by atoms with Crippen LogP contribution in [0.3, 0.4) is 0 Å². The highest BCUT2D eigenvalue weighted by molar-refractivity contribution is 6.34. The van der Waals surface area contributed by atoms with E-state index in [1.165, 1.54) is 49.2 Å². The molecule has 3 amide bonds. The number of nitrogens with zero attached hydrogens (tertiary/aromatic N) is 4. The molecule has 228 valence electrons. The Kier molecular flexibility index (Phi) is 9.93. The van der Waals surface area contributed by atoms with Crippen LogP contribution in [0.15, 0.2) is 36.5 Å². The smallest absolute Gasteiger partial charge is 0.291 e. The third-order valence-electron chi connectivity index (χ3n) is 7.19. The van der Waals surface area contributed by atoms with Gasteiger partial charge in [0.2, 0.25) is 11.7 Å². The van der Waals surface area contributed by atoms with Crippen molar-refractivity contribution in [1.82, 2.24) is 24.7 Å². The normalized spacial score (nSPS) is 16.0. The fourth-order valence-corrected chi connectivity index (χ4v) is 4.99. The number of anilines is 1. The number of hydrogen-bond donors (Lipinski definition) is 3. The number of imidazole rings is 1. The van der Waals surface area contributed by atoms with Crippen LogP contribution in [0.5, 0.6) is 5.75 Å². The van der Waals surface area contributed by atoms with Gasteiger partial charge < -0.3 is 34.8 Å². The minimum atomic E-state index is -1.14. The minimum absolute atomic E-state index is 0.0496. The number of amides is 3. The molecule has 0 aliphatic carbocycles. The van der Waals surface area contributed by atoms with Gasteiger partial charge in [0, 0.05) is 44.5 Å². The van der Waals surface area contributed by atoms with Crippen LogP contribution in [-0.2, 0) is 16.6 Å². The molecule has 12 nitrogen and oxygen atoms in total. The van der Waals surface area contributed by atoms with Crippen LogP contribution in [0.1, 0.15) is 27.4 Å². The lowest BCUT2D eigenvalue weighted by molar-refractivity contribution is -0.136.